The number of fused-ring (bicyclic) bond motifs is 20. The van der Waals surface area contributed by atoms with Gasteiger partial charge in [0.25, 0.3) is 0 Å². The normalized spacial score (nSPS) is 10.8. The third-order valence-electron chi connectivity index (χ3n) is 8.48. The van der Waals surface area contributed by atoms with Gasteiger partial charge in [-0.3, -0.25) is 4.39 Å². The van der Waals surface area contributed by atoms with Crippen LogP contribution in [0.5, 0.6) is 0 Å². The summed E-state index contributed by atoms with van der Waals surface area (Å²) < 4.78 is 18.5. The van der Waals surface area contributed by atoms with Crippen molar-refractivity contribution in [3.8, 4) is 45.6 Å². The molecule has 0 fully saturated rings. The van der Waals surface area contributed by atoms with Gasteiger partial charge in [0, 0.05) is 57.1 Å². The van der Waals surface area contributed by atoms with E-state index in [9.17, 15) is 4.39 Å². The van der Waals surface area contributed by atoms with Crippen molar-refractivity contribution >= 4 is 49.8 Å². The van der Waals surface area contributed by atoms with E-state index in [-0.39, 0.29) is 6.67 Å². The molecule has 0 radical (unpaired) electrons. The fourth-order valence-corrected chi connectivity index (χ4v) is 6.22. The number of hydrogen-bond acceptors (Lipinski definition) is 8. The Morgan fingerprint density at radius 3 is 1.04 bits per heavy atom. The molecule has 2 aliphatic rings. The Balaban J connectivity index is 0.000000277. The molecular weight excluding hydrogens is 716 g/mol. The molecule has 5 aromatic carbocycles. The van der Waals surface area contributed by atoms with E-state index in [1.807, 2.05) is 115 Å². The van der Waals surface area contributed by atoms with Crippen molar-refractivity contribution < 1.29 is 25.4 Å². The second-order valence-electron chi connectivity index (χ2n) is 11.8. The minimum absolute atomic E-state index is 0.250. The van der Waals surface area contributed by atoms with Gasteiger partial charge < -0.3 is 35.2 Å². The SMILES string of the molecule is CCF.CCNc1ccccc1.[O]=[V+2].c1ccc2c(c1)-c1nc-2nc2[n-]c(nc3nc(nc4[n-]c(n1)c1ccccc41)-c1ccccc1-3)c1ccccc21. The van der Waals surface area contributed by atoms with Crippen molar-refractivity contribution in [1.82, 2.24) is 39.9 Å². The van der Waals surface area contributed by atoms with Crippen LogP contribution in [0.1, 0.15) is 13.8 Å². The fraction of sp³-hybridized carbons (Fsp3) is 0.0952. The van der Waals surface area contributed by atoms with Crippen molar-refractivity contribution in [3.63, 3.8) is 0 Å². The summed E-state index contributed by atoms with van der Waals surface area (Å²) >= 11 is 1.06. The topological polar surface area (TPSA) is 135 Å². The zero-order valence-electron chi connectivity index (χ0n) is 29.3. The second-order valence-corrected chi connectivity index (χ2v) is 11.8. The molecule has 5 heterocycles. The maximum absolute atomic E-state index is 10.3. The molecular formula is C42H32FN9OV. The number of alkyl halides is 1. The summed E-state index contributed by atoms with van der Waals surface area (Å²) in [6.45, 7) is 4.29. The zero-order chi connectivity index (χ0) is 37.4. The van der Waals surface area contributed by atoms with Crippen molar-refractivity contribution in [3.05, 3.63) is 127 Å². The van der Waals surface area contributed by atoms with E-state index < -0.39 is 0 Å². The molecule has 10 rings (SSSR count). The van der Waals surface area contributed by atoms with Crippen LogP contribution in [0.3, 0.4) is 0 Å². The molecule has 3 aromatic heterocycles. The molecule has 263 valence electrons. The molecule has 0 saturated heterocycles. The molecule has 0 atom stereocenters. The summed E-state index contributed by atoms with van der Waals surface area (Å²) in [5, 5.41) is 6.78. The molecule has 10 nitrogen and oxygen atoms in total. The van der Waals surface area contributed by atoms with Crippen molar-refractivity contribution in [2.75, 3.05) is 18.5 Å². The van der Waals surface area contributed by atoms with Crippen LogP contribution < -0.4 is 15.3 Å². The summed E-state index contributed by atoms with van der Waals surface area (Å²) in [5.41, 5.74) is 6.98. The molecule has 0 spiro atoms. The molecule has 8 bridgehead atoms. The molecule has 0 unspecified atom stereocenters. The van der Waals surface area contributed by atoms with Gasteiger partial charge in [-0.1, -0.05) is 115 Å². The van der Waals surface area contributed by atoms with Crippen LogP contribution in [0.15, 0.2) is 127 Å². The average Bonchev–Trinajstić information content (AvgIpc) is 3.96. The van der Waals surface area contributed by atoms with Gasteiger partial charge in [-0.05, 0) is 47.5 Å². The Morgan fingerprint density at radius 2 is 0.741 bits per heavy atom. The maximum atomic E-state index is 10.3. The second kappa shape index (κ2) is 16.5. The van der Waals surface area contributed by atoms with Crippen LogP contribution in [0.2, 0.25) is 0 Å². The Kier molecular flexibility index (Phi) is 11.0. The number of hydrogen-bond donors (Lipinski definition) is 1. The smallest absolute Gasteiger partial charge is 0.0927 e. The quantitative estimate of drug-likeness (QED) is 0.182. The van der Waals surface area contributed by atoms with E-state index >= 15 is 0 Å². The van der Waals surface area contributed by atoms with E-state index in [0.717, 1.165) is 67.7 Å². The van der Waals surface area contributed by atoms with E-state index in [2.05, 4.69) is 24.4 Å². The Labute approximate surface area is 319 Å². The summed E-state index contributed by atoms with van der Waals surface area (Å²) in [6, 6.07) is 42.0. The Bertz CT molecular complexity index is 2430. The number of aromatic nitrogens is 8. The summed E-state index contributed by atoms with van der Waals surface area (Å²) in [4.78, 5) is 39.3. The predicted octanol–water partition coefficient (Wildman–Crippen LogP) is 9.10. The molecule has 2 aliphatic heterocycles. The number of benzene rings is 5. The van der Waals surface area contributed by atoms with Crippen LogP contribution in [-0.2, 0) is 21.0 Å². The molecule has 8 aromatic rings. The average molecular weight is 749 g/mol. The largest absolute Gasteiger partial charge is 0.357 e. The third-order valence-corrected chi connectivity index (χ3v) is 8.48. The van der Waals surface area contributed by atoms with Gasteiger partial charge in [0.2, 0.25) is 0 Å². The number of para-hydroxylation sites is 1. The molecule has 0 saturated carbocycles. The first-order valence-corrected chi connectivity index (χ1v) is 17.8. The molecule has 0 aliphatic carbocycles. The first-order chi connectivity index (χ1) is 26.6. The van der Waals surface area contributed by atoms with Gasteiger partial charge in [-0.2, -0.15) is 0 Å². The van der Waals surface area contributed by atoms with E-state index in [1.165, 1.54) is 12.6 Å². The molecule has 12 heteroatoms. The van der Waals surface area contributed by atoms with Gasteiger partial charge in [-0.25, -0.2) is 9.97 Å². The van der Waals surface area contributed by atoms with Gasteiger partial charge in [0.1, 0.15) is 0 Å². The number of halogens is 1. The third kappa shape index (κ3) is 7.15. The van der Waals surface area contributed by atoms with Crippen LogP contribution in [0.4, 0.5) is 10.1 Å². The van der Waals surface area contributed by atoms with Crippen molar-refractivity contribution in [2.24, 2.45) is 0 Å². The van der Waals surface area contributed by atoms with Gasteiger partial charge in [-0.15, -0.1) is 0 Å². The van der Waals surface area contributed by atoms with Crippen LogP contribution in [0, 0.1) is 0 Å². The number of nitrogens with one attached hydrogen (secondary N) is 1. The zero-order valence-corrected chi connectivity index (χ0v) is 30.7. The standard InChI is InChI=1S/C32H16N8.C8H11N.C2H5F.O.V/c1-2-10-18-17(9-1)25-33-26(18)38-28-21-13-5-6-14-22(21)30(35-28)40-32-24-16-8-7-15-23(24)31(36-32)39-29-20-12-4-3-11-19(20)27(34-29)37-25;1-2-9-8-6-4-3-5-7-8;1-2-3;;/h1-16H;3-7,9H,2H2,1H3;2H2,1H3;;/q-2;;;;+2. The van der Waals surface area contributed by atoms with E-state index in [1.54, 1.807) is 0 Å². The van der Waals surface area contributed by atoms with Gasteiger partial charge in [0.05, 0.1) is 30.0 Å². The Morgan fingerprint density at radius 1 is 0.463 bits per heavy atom. The molecule has 1 N–H and O–H groups in total. The van der Waals surface area contributed by atoms with Crippen LogP contribution in [0.25, 0.3) is 89.7 Å². The number of anilines is 1. The number of rotatable bonds is 2. The number of nitrogens with zero attached hydrogens (tertiary/aromatic N) is 8. The fourth-order valence-electron chi connectivity index (χ4n) is 6.22. The molecule has 0 amide bonds. The van der Waals surface area contributed by atoms with Crippen LogP contribution >= 0.6 is 0 Å². The minimum atomic E-state index is -0.250. The summed E-state index contributed by atoms with van der Waals surface area (Å²) in [7, 11) is 0. The van der Waals surface area contributed by atoms with E-state index in [4.69, 9.17) is 43.5 Å². The van der Waals surface area contributed by atoms with Crippen molar-refractivity contribution in [1.29, 1.82) is 0 Å². The predicted molar refractivity (Wildman–Crippen MR) is 207 cm³/mol. The Hall–Kier alpha value is -6.43. The monoisotopic (exact) mass is 748 g/mol. The minimum Gasteiger partial charge on any atom is -0.357 e. The summed E-state index contributed by atoms with van der Waals surface area (Å²) in [6.07, 6.45) is 0. The van der Waals surface area contributed by atoms with Gasteiger partial charge in [0.15, 0.2) is 0 Å². The van der Waals surface area contributed by atoms with Crippen molar-refractivity contribution in [2.45, 2.75) is 13.8 Å². The van der Waals surface area contributed by atoms with Gasteiger partial charge >= 0.3 is 21.0 Å². The maximum Gasteiger partial charge on any atom is 0.0927 e. The van der Waals surface area contributed by atoms with Crippen LogP contribution in [-0.4, -0.2) is 43.1 Å². The molecule has 54 heavy (non-hydrogen) atoms. The first kappa shape index (κ1) is 36.0. The summed E-state index contributed by atoms with van der Waals surface area (Å²) in [5.74, 6) is 2.21. The first-order valence-electron chi connectivity index (χ1n) is 17.3. The van der Waals surface area contributed by atoms with E-state index in [0.29, 0.717) is 45.9 Å².